The fourth-order valence-corrected chi connectivity index (χ4v) is 8.57. The van der Waals surface area contributed by atoms with Crippen molar-refractivity contribution in [3.05, 3.63) is 170 Å². The molecule has 0 unspecified atom stereocenters. The average Bonchev–Trinajstić information content (AvgIpc) is 3.46. The molecule has 0 bridgehead atoms. The number of hydrogen-bond donors (Lipinski definition) is 0. The van der Waals surface area contributed by atoms with Gasteiger partial charge in [0.1, 0.15) is 0 Å². The van der Waals surface area contributed by atoms with Crippen LogP contribution in [0, 0.1) is 0 Å². The maximum absolute atomic E-state index is 2.47. The molecule has 0 aromatic heterocycles. The largest absolute Gasteiger partial charge is 0.0616 e. The van der Waals surface area contributed by atoms with E-state index in [9.17, 15) is 0 Å². The smallest absolute Gasteiger partial charge is 0.00199 e. The Morgan fingerprint density at radius 3 is 1.56 bits per heavy atom. The molecule has 0 nitrogen and oxygen atoms in total. The van der Waals surface area contributed by atoms with Gasteiger partial charge < -0.3 is 0 Å². The first-order valence-electron chi connectivity index (χ1n) is 16.8. The fraction of sp³-hybridized carbons (Fsp3) is 0. The van der Waals surface area contributed by atoms with E-state index in [-0.39, 0.29) is 0 Å². The molecule has 0 saturated heterocycles. The van der Waals surface area contributed by atoms with Crippen LogP contribution in [0.2, 0.25) is 0 Å². The summed E-state index contributed by atoms with van der Waals surface area (Å²) in [6.07, 6.45) is 0. The number of benzene rings is 10. The van der Waals surface area contributed by atoms with Crippen molar-refractivity contribution in [3.63, 3.8) is 0 Å². The van der Waals surface area contributed by atoms with E-state index < -0.39 is 0 Å². The zero-order chi connectivity index (χ0) is 31.3. The topological polar surface area (TPSA) is 0 Å². The van der Waals surface area contributed by atoms with Crippen molar-refractivity contribution in [1.29, 1.82) is 0 Å². The Hall–Kier alpha value is -6.24. The van der Waals surface area contributed by atoms with Crippen LogP contribution in [0.15, 0.2) is 170 Å². The predicted octanol–water partition coefficient (Wildman–Crippen LogP) is 13.6. The van der Waals surface area contributed by atoms with Gasteiger partial charge in [-0.05, 0) is 139 Å². The van der Waals surface area contributed by atoms with Gasteiger partial charge in [0.05, 0.1) is 0 Å². The van der Waals surface area contributed by atoms with Gasteiger partial charge in [-0.25, -0.2) is 0 Å². The third-order valence-corrected chi connectivity index (χ3v) is 10.7. The summed E-state index contributed by atoms with van der Waals surface area (Å²) in [6.45, 7) is 0. The van der Waals surface area contributed by atoms with Crippen LogP contribution >= 0.6 is 0 Å². The van der Waals surface area contributed by atoms with Crippen molar-refractivity contribution < 1.29 is 0 Å². The van der Waals surface area contributed by atoms with Gasteiger partial charge in [-0.3, -0.25) is 0 Å². The van der Waals surface area contributed by atoms with Crippen LogP contribution < -0.4 is 0 Å². The Morgan fingerprint density at radius 1 is 0.208 bits per heavy atom. The zero-order valence-electron chi connectivity index (χ0n) is 26.2. The monoisotopic (exact) mass is 604 g/mol. The van der Waals surface area contributed by atoms with Crippen LogP contribution in [0.1, 0.15) is 0 Å². The van der Waals surface area contributed by atoms with E-state index in [1.165, 1.54) is 109 Å². The summed E-state index contributed by atoms with van der Waals surface area (Å²) in [5.74, 6) is 0. The van der Waals surface area contributed by atoms with Gasteiger partial charge >= 0.3 is 0 Å². The molecule has 10 aromatic carbocycles. The van der Waals surface area contributed by atoms with Crippen molar-refractivity contribution in [2.24, 2.45) is 0 Å². The Balaban J connectivity index is 1.18. The van der Waals surface area contributed by atoms with Crippen LogP contribution in [0.5, 0.6) is 0 Å². The van der Waals surface area contributed by atoms with Crippen LogP contribution in [-0.4, -0.2) is 0 Å². The van der Waals surface area contributed by atoms with E-state index in [0.717, 1.165) is 0 Å². The standard InChI is InChI=1S/C48H28/c1-3-14-34-29(10-1)12-7-18-36(34)32-23-22-31-25-43-42(26-33(31)24-32)40-20-9-21-41-46-27-44(37-19-8-13-30-11-2-4-15-35(30)37)38-16-5-6-17-39(38)45(46)28-47(43)48(40)41/h1-28H. The van der Waals surface area contributed by atoms with Crippen molar-refractivity contribution in [1.82, 2.24) is 0 Å². The summed E-state index contributed by atoms with van der Waals surface area (Å²) < 4.78 is 0. The van der Waals surface area contributed by atoms with Gasteiger partial charge in [0.2, 0.25) is 0 Å². The van der Waals surface area contributed by atoms with Gasteiger partial charge in [0, 0.05) is 0 Å². The third kappa shape index (κ3) is 3.55. The molecular weight excluding hydrogens is 577 g/mol. The van der Waals surface area contributed by atoms with Crippen LogP contribution in [0.3, 0.4) is 0 Å². The van der Waals surface area contributed by atoms with Crippen molar-refractivity contribution >= 4 is 64.6 Å². The summed E-state index contributed by atoms with van der Waals surface area (Å²) in [7, 11) is 0. The molecule has 0 aliphatic heterocycles. The number of hydrogen-bond acceptors (Lipinski definition) is 0. The number of rotatable bonds is 2. The van der Waals surface area contributed by atoms with Crippen molar-refractivity contribution in [2.75, 3.05) is 0 Å². The molecule has 0 heteroatoms. The average molecular weight is 605 g/mol. The lowest BCUT2D eigenvalue weighted by Gasteiger charge is -2.16. The fourth-order valence-electron chi connectivity index (χ4n) is 8.57. The van der Waals surface area contributed by atoms with Crippen LogP contribution in [-0.2, 0) is 0 Å². The van der Waals surface area contributed by atoms with E-state index >= 15 is 0 Å². The minimum atomic E-state index is 1.26. The molecule has 0 N–H and O–H groups in total. The second-order valence-corrected chi connectivity index (χ2v) is 13.2. The summed E-state index contributed by atoms with van der Waals surface area (Å²) >= 11 is 0. The summed E-state index contributed by atoms with van der Waals surface area (Å²) in [6, 6.07) is 63.3. The molecule has 0 radical (unpaired) electrons. The van der Waals surface area contributed by atoms with Gasteiger partial charge in [-0.15, -0.1) is 0 Å². The van der Waals surface area contributed by atoms with Crippen molar-refractivity contribution in [3.8, 4) is 44.5 Å². The first-order valence-corrected chi connectivity index (χ1v) is 16.8. The molecule has 220 valence electrons. The molecule has 0 amide bonds. The van der Waals surface area contributed by atoms with E-state index in [1.807, 2.05) is 0 Å². The summed E-state index contributed by atoms with van der Waals surface area (Å²) in [5, 5.41) is 15.6. The Morgan fingerprint density at radius 2 is 0.750 bits per heavy atom. The zero-order valence-corrected chi connectivity index (χ0v) is 26.2. The highest BCUT2D eigenvalue weighted by Crippen LogP contribution is 2.52. The molecule has 1 aliphatic rings. The minimum Gasteiger partial charge on any atom is -0.0616 e. The Kier molecular flexibility index (Phi) is 5.20. The summed E-state index contributed by atoms with van der Waals surface area (Å²) in [4.78, 5) is 0. The normalized spacial score (nSPS) is 12.2. The molecule has 0 saturated carbocycles. The minimum absolute atomic E-state index is 1.26. The molecule has 0 atom stereocenters. The SMILES string of the molecule is c1ccc2c(-c3ccc4cc5c(cc4c3)-c3cccc4c3c-5cc3c5ccccc5c(-c5cccc6ccccc56)cc43)cccc2c1. The molecule has 0 fully saturated rings. The predicted molar refractivity (Wildman–Crippen MR) is 207 cm³/mol. The highest BCUT2D eigenvalue weighted by atomic mass is 14.3. The van der Waals surface area contributed by atoms with E-state index in [1.54, 1.807) is 0 Å². The lowest BCUT2D eigenvalue weighted by Crippen LogP contribution is -1.88. The van der Waals surface area contributed by atoms with E-state index in [4.69, 9.17) is 0 Å². The highest BCUT2D eigenvalue weighted by Gasteiger charge is 2.25. The second-order valence-electron chi connectivity index (χ2n) is 13.2. The quantitative estimate of drug-likeness (QED) is 0.172. The molecule has 10 aromatic rings. The maximum atomic E-state index is 2.47. The van der Waals surface area contributed by atoms with Gasteiger partial charge in [0.25, 0.3) is 0 Å². The lowest BCUT2D eigenvalue weighted by molar-refractivity contribution is 1.68. The molecule has 48 heavy (non-hydrogen) atoms. The first kappa shape index (κ1) is 25.9. The van der Waals surface area contributed by atoms with Crippen LogP contribution in [0.4, 0.5) is 0 Å². The first-order chi connectivity index (χ1) is 23.8. The Bertz CT molecular complexity index is 2990. The van der Waals surface area contributed by atoms with Gasteiger partial charge in [-0.1, -0.05) is 140 Å². The molecular formula is C48H28. The molecule has 11 rings (SSSR count). The van der Waals surface area contributed by atoms with E-state index in [2.05, 4.69) is 170 Å². The lowest BCUT2D eigenvalue weighted by atomic mass is 9.87. The number of fused-ring (bicyclic) bond motifs is 10. The molecule has 0 heterocycles. The van der Waals surface area contributed by atoms with Gasteiger partial charge in [0.15, 0.2) is 0 Å². The molecule has 1 aliphatic carbocycles. The van der Waals surface area contributed by atoms with Gasteiger partial charge in [-0.2, -0.15) is 0 Å². The second kappa shape index (κ2) is 9.64. The van der Waals surface area contributed by atoms with E-state index in [0.29, 0.717) is 0 Å². The highest BCUT2D eigenvalue weighted by molar-refractivity contribution is 6.29. The summed E-state index contributed by atoms with van der Waals surface area (Å²) in [5.41, 5.74) is 10.4. The molecule has 0 spiro atoms. The third-order valence-electron chi connectivity index (χ3n) is 10.7. The maximum Gasteiger partial charge on any atom is -0.00199 e. The van der Waals surface area contributed by atoms with Crippen molar-refractivity contribution in [2.45, 2.75) is 0 Å². The Labute approximate surface area is 278 Å². The van der Waals surface area contributed by atoms with Crippen LogP contribution in [0.25, 0.3) is 109 Å².